The minimum atomic E-state index is 0.00790. The summed E-state index contributed by atoms with van der Waals surface area (Å²) < 4.78 is 7.81. The number of aryl methyl sites for hydroxylation is 1. The van der Waals surface area contributed by atoms with Crippen LogP contribution in [0.25, 0.3) is 0 Å². The van der Waals surface area contributed by atoms with Gasteiger partial charge in [0.15, 0.2) is 0 Å². The molecule has 6 heteroatoms. The topological polar surface area (TPSA) is 44.8 Å². The summed E-state index contributed by atoms with van der Waals surface area (Å²) in [4.78, 5) is 16.3. The average Bonchev–Trinajstić information content (AvgIpc) is 2.97. The van der Waals surface area contributed by atoms with Crippen LogP contribution in [0.5, 0.6) is 5.75 Å². The lowest BCUT2D eigenvalue weighted by Gasteiger charge is -2.39. The Morgan fingerprint density at radius 1 is 1.05 bits per heavy atom. The molecular weight excluding hydrogens is 514 g/mol. The smallest absolute Gasteiger partial charge is 0.224 e. The number of benzene rings is 3. The standard InChI is InChI=1S/C34H45N3O2S/c1-5-28-14-9-10-17-32(28)34(2,26-36(3)40-31-16-11-15-30(25-31)39-4)20-23-37-21-18-29(19-22-37)35-33(38)24-27-12-7-6-8-13-27/h6-17,25,29H,5,18-24,26H2,1-4H3,(H,35,38). The van der Waals surface area contributed by atoms with Crippen LogP contribution in [0.4, 0.5) is 0 Å². The van der Waals surface area contributed by atoms with Gasteiger partial charge in [-0.1, -0.05) is 74.5 Å². The molecule has 40 heavy (non-hydrogen) atoms. The maximum Gasteiger partial charge on any atom is 0.224 e. The number of ether oxygens (including phenoxy) is 1. The van der Waals surface area contributed by atoms with E-state index in [1.807, 2.05) is 42.5 Å². The summed E-state index contributed by atoms with van der Waals surface area (Å²) >= 11 is 1.78. The summed E-state index contributed by atoms with van der Waals surface area (Å²) in [6, 6.07) is 27.5. The fraction of sp³-hybridized carbons (Fsp3) is 0.441. The third-order valence-corrected chi connectivity index (χ3v) is 8.97. The van der Waals surface area contributed by atoms with Crippen LogP contribution >= 0.6 is 11.9 Å². The van der Waals surface area contributed by atoms with E-state index in [2.05, 4.69) is 71.8 Å². The van der Waals surface area contributed by atoms with Crippen molar-refractivity contribution in [1.82, 2.24) is 14.5 Å². The van der Waals surface area contributed by atoms with Crippen LogP contribution < -0.4 is 10.1 Å². The van der Waals surface area contributed by atoms with Crippen LogP contribution in [0.2, 0.25) is 0 Å². The van der Waals surface area contributed by atoms with Crippen LogP contribution in [0.1, 0.15) is 49.8 Å². The lowest BCUT2D eigenvalue weighted by atomic mass is 9.76. The molecule has 0 bridgehead atoms. The second-order valence-corrected chi connectivity index (χ2v) is 12.5. The Balaban J connectivity index is 1.35. The molecule has 3 aromatic rings. The molecule has 1 saturated heterocycles. The van der Waals surface area contributed by atoms with Gasteiger partial charge < -0.3 is 15.0 Å². The molecule has 0 aromatic heterocycles. The van der Waals surface area contributed by atoms with Crippen molar-refractivity contribution in [3.8, 4) is 5.75 Å². The molecular formula is C34H45N3O2S. The zero-order valence-corrected chi connectivity index (χ0v) is 25.4. The number of rotatable bonds is 13. The molecule has 0 saturated carbocycles. The number of nitrogens with one attached hydrogen (secondary N) is 1. The Morgan fingerprint density at radius 3 is 2.50 bits per heavy atom. The third kappa shape index (κ3) is 8.60. The fourth-order valence-electron chi connectivity index (χ4n) is 5.84. The van der Waals surface area contributed by atoms with Gasteiger partial charge in [-0.2, -0.15) is 0 Å². The highest BCUT2D eigenvalue weighted by molar-refractivity contribution is 7.97. The van der Waals surface area contributed by atoms with Crippen LogP contribution in [0.15, 0.2) is 83.8 Å². The molecule has 214 valence electrons. The van der Waals surface area contributed by atoms with Gasteiger partial charge >= 0.3 is 0 Å². The second kappa shape index (κ2) is 14.7. The highest BCUT2D eigenvalue weighted by atomic mass is 32.2. The highest BCUT2D eigenvalue weighted by Crippen LogP contribution is 2.35. The van der Waals surface area contributed by atoms with E-state index < -0.39 is 0 Å². The van der Waals surface area contributed by atoms with E-state index in [9.17, 15) is 4.79 Å². The quantitative estimate of drug-likeness (QED) is 0.247. The molecule has 1 fully saturated rings. The molecule has 1 unspecified atom stereocenters. The number of carbonyl (C=O) groups is 1. The molecule has 4 rings (SSSR count). The van der Waals surface area contributed by atoms with Crippen molar-refractivity contribution in [2.45, 2.75) is 62.3 Å². The average molecular weight is 560 g/mol. The van der Waals surface area contributed by atoms with E-state index in [4.69, 9.17) is 4.74 Å². The SMILES string of the molecule is CCc1ccccc1C(C)(CCN1CCC(NC(=O)Cc2ccccc2)CC1)CN(C)Sc1cccc(OC)c1. The van der Waals surface area contributed by atoms with Gasteiger partial charge in [-0.3, -0.25) is 4.79 Å². The van der Waals surface area contributed by atoms with Crippen molar-refractivity contribution in [2.24, 2.45) is 0 Å². The van der Waals surface area contributed by atoms with Crippen LogP contribution in [-0.4, -0.2) is 61.5 Å². The fourth-order valence-corrected chi connectivity index (χ4v) is 6.86. The molecule has 0 aliphatic carbocycles. The van der Waals surface area contributed by atoms with E-state index in [1.165, 1.54) is 16.0 Å². The largest absolute Gasteiger partial charge is 0.497 e. The van der Waals surface area contributed by atoms with Crippen LogP contribution in [0.3, 0.4) is 0 Å². The maximum absolute atomic E-state index is 12.6. The van der Waals surface area contributed by atoms with Gasteiger partial charge in [0.1, 0.15) is 5.75 Å². The number of likely N-dealkylation sites (tertiary alicyclic amines) is 1. The first-order valence-corrected chi connectivity index (χ1v) is 15.3. The molecule has 1 N–H and O–H groups in total. The van der Waals surface area contributed by atoms with Gasteiger partial charge in [-0.25, -0.2) is 4.31 Å². The molecule has 1 aliphatic heterocycles. The number of methoxy groups -OCH3 is 1. The summed E-state index contributed by atoms with van der Waals surface area (Å²) in [5.41, 5.74) is 3.97. The van der Waals surface area contributed by atoms with E-state index >= 15 is 0 Å². The van der Waals surface area contributed by atoms with Crippen molar-refractivity contribution in [3.05, 3.63) is 95.6 Å². The first-order chi connectivity index (χ1) is 19.4. The zero-order valence-electron chi connectivity index (χ0n) is 24.6. The van der Waals surface area contributed by atoms with Gasteiger partial charge in [0.25, 0.3) is 0 Å². The summed E-state index contributed by atoms with van der Waals surface area (Å²) in [5, 5.41) is 3.27. The monoisotopic (exact) mass is 559 g/mol. The minimum absolute atomic E-state index is 0.00790. The molecule has 5 nitrogen and oxygen atoms in total. The number of likely N-dealkylation sites (N-methyl/N-ethyl adjacent to an activating group) is 1. The van der Waals surface area contributed by atoms with Crippen LogP contribution in [0, 0.1) is 0 Å². The van der Waals surface area contributed by atoms with Crippen molar-refractivity contribution < 1.29 is 9.53 Å². The Kier molecular flexibility index (Phi) is 11.1. The predicted octanol–water partition coefficient (Wildman–Crippen LogP) is 6.37. The summed E-state index contributed by atoms with van der Waals surface area (Å²) in [6.45, 7) is 8.73. The Morgan fingerprint density at radius 2 is 1.77 bits per heavy atom. The van der Waals surface area contributed by atoms with E-state index in [1.54, 1.807) is 19.1 Å². The Hall–Kier alpha value is -2.80. The highest BCUT2D eigenvalue weighted by Gasteiger charge is 2.32. The molecule has 0 spiro atoms. The number of hydrogen-bond donors (Lipinski definition) is 1. The normalized spacial score (nSPS) is 16.0. The van der Waals surface area contributed by atoms with Gasteiger partial charge in [-0.15, -0.1) is 0 Å². The molecule has 1 heterocycles. The van der Waals surface area contributed by atoms with E-state index in [0.717, 1.165) is 63.2 Å². The molecule has 1 amide bonds. The molecule has 3 aromatic carbocycles. The zero-order chi connectivity index (χ0) is 28.4. The van der Waals surface area contributed by atoms with Gasteiger partial charge in [0, 0.05) is 36.0 Å². The van der Waals surface area contributed by atoms with Crippen molar-refractivity contribution in [3.63, 3.8) is 0 Å². The molecule has 1 atom stereocenters. The molecule has 0 radical (unpaired) electrons. The number of hydrogen-bond acceptors (Lipinski definition) is 5. The number of nitrogens with zero attached hydrogens (tertiary/aromatic N) is 2. The second-order valence-electron chi connectivity index (χ2n) is 11.2. The van der Waals surface area contributed by atoms with Crippen molar-refractivity contribution >= 4 is 17.9 Å². The van der Waals surface area contributed by atoms with Crippen molar-refractivity contribution in [1.29, 1.82) is 0 Å². The van der Waals surface area contributed by atoms with Gasteiger partial charge in [-0.05, 0) is 86.1 Å². The summed E-state index contributed by atoms with van der Waals surface area (Å²) in [5.74, 6) is 1.02. The summed E-state index contributed by atoms with van der Waals surface area (Å²) in [7, 11) is 3.91. The Labute approximate surface area is 245 Å². The number of carbonyl (C=O) groups excluding carboxylic acids is 1. The van der Waals surface area contributed by atoms with E-state index in [-0.39, 0.29) is 17.4 Å². The minimum Gasteiger partial charge on any atom is -0.497 e. The van der Waals surface area contributed by atoms with Gasteiger partial charge in [0.05, 0.1) is 13.5 Å². The Bertz CT molecular complexity index is 1210. The first-order valence-electron chi connectivity index (χ1n) is 14.6. The lowest BCUT2D eigenvalue weighted by Crippen LogP contribution is -2.46. The van der Waals surface area contributed by atoms with Crippen molar-refractivity contribution in [2.75, 3.05) is 40.3 Å². The first kappa shape index (κ1) is 30.2. The number of piperidine rings is 1. The van der Waals surface area contributed by atoms with Gasteiger partial charge in [0.2, 0.25) is 5.91 Å². The third-order valence-electron chi connectivity index (χ3n) is 8.06. The number of amides is 1. The summed E-state index contributed by atoms with van der Waals surface area (Å²) in [6.07, 6.45) is 4.59. The predicted molar refractivity (Wildman–Crippen MR) is 167 cm³/mol. The molecule has 1 aliphatic rings. The lowest BCUT2D eigenvalue weighted by molar-refractivity contribution is -0.121. The van der Waals surface area contributed by atoms with E-state index in [0.29, 0.717) is 6.42 Å². The van der Waals surface area contributed by atoms with Crippen LogP contribution in [-0.2, 0) is 23.1 Å². The maximum atomic E-state index is 12.6.